The summed E-state index contributed by atoms with van der Waals surface area (Å²) in [5, 5.41) is 9.34. The molecule has 0 spiro atoms. The lowest BCUT2D eigenvalue weighted by Crippen LogP contribution is -2.50. The van der Waals surface area contributed by atoms with Crippen LogP contribution < -0.4 is 0 Å². The van der Waals surface area contributed by atoms with E-state index in [0.717, 1.165) is 25.7 Å². The molecule has 5 nitrogen and oxygen atoms in total. The average Bonchev–Trinajstić information content (AvgIpc) is 2.59. The highest BCUT2D eigenvalue weighted by molar-refractivity contribution is 5.71. The molecule has 1 N–H and O–H groups in total. The quantitative estimate of drug-likeness (QED) is 0.868. The van der Waals surface area contributed by atoms with Gasteiger partial charge in [0.25, 0.3) is 0 Å². The van der Waals surface area contributed by atoms with Crippen molar-refractivity contribution in [1.82, 2.24) is 4.90 Å². The molecule has 2 rings (SSSR count). The van der Waals surface area contributed by atoms with E-state index in [9.17, 15) is 14.7 Å². The molecule has 5 heteroatoms. The van der Waals surface area contributed by atoms with Gasteiger partial charge in [-0.2, -0.15) is 0 Å². The number of hydrogen-bond acceptors (Lipinski definition) is 3. The molecule has 4 atom stereocenters. The molecule has 2 aliphatic heterocycles. The van der Waals surface area contributed by atoms with Crippen LogP contribution in [0, 0.1) is 11.8 Å². The Morgan fingerprint density at radius 3 is 2.14 bits per heavy atom. The molecule has 2 saturated heterocycles. The molecule has 120 valence electrons. The SMILES string of the molecule is CCC(C(=O)O)[C@@H]1C[C@H]2CC[C@@H](C1)N2C(=O)OC(C)(C)C. The lowest BCUT2D eigenvalue weighted by Gasteiger charge is -2.41. The summed E-state index contributed by atoms with van der Waals surface area (Å²) in [5.74, 6) is -0.801. The molecule has 0 aromatic heterocycles. The van der Waals surface area contributed by atoms with Crippen molar-refractivity contribution in [1.29, 1.82) is 0 Å². The number of carboxylic acids is 1. The number of carboxylic acid groups (broad SMARTS) is 1. The Kier molecular flexibility index (Phi) is 4.49. The van der Waals surface area contributed by atoms with Gasteiger partial charge in [0.05, 0.1) is 5.92 Å². The largest absolute Gasteiger partial charge is 0.481 e. The van der Waals surface area contributed by atoms with E-state index in [0.29, 0.717) is 6.42 Å². The number of rotatable bonds is 3. The Morgan fingerprint density at radius 1 is 1.24 bits per heavy atom. The highest BCUT2D eigenvalue weighted by atomic mass is 16.6. The second kappa shape index (κ2) is 5.85. The zero-order valence-corrected chi connectivity index (χ0v) is 13.5. The first-order valence-electron chi connectivity index (χ1n) is 7.97. The fourth-order valence-corrected chi connectivity index (χ4v) is 3.87. The van der Waals surface area contributed by atoms with Gasteiger partial charge >= 0.3 is 12.1 Å². The second-order valence-electron chi connectivity index (χ2n) is 7.36. The van der Waals surface area contributed by atoms with Gasteiger partial charge in [-0.05, 0) is 58.8 Å². The maximum atomic E-state index is 12.3. The smallest absolute Gasteiger partial charge is 0.410 e. The van der Waals surface area contributed by atoms with Gasteiger partial charge in [0.15, 0.2) is 0 Å². The Balaban J connectivity index is 2.05. The monoisotopic (exact) mass is 297 g/mol. The van der Waals surface area contributed by atoms with E-state index < -0.39 is 11.6 Å². The van der Waals surface area contributed by atoms with Crippen molar-refractivity contribution in [2.24, 2.45) is 11.8 Å². The number of ether oxygens (including phenoxy) is 1. The van der Waals surface area contributed by atoms with Gasteiger partial charge in [-0.25, -0.2) is 4.79 Å². The van der Waals surface area contributed by atoms with E-state index >= 15 is 0 Å². The highest BCUT2D eigenvalue weighted by Crippen LogP contribution is 2.42. The van der Waals surface area contributed by atoms with Gasteiger partial charge < -0.3 is 14.7 Å². The predicted molar refractivity (Wildman–Crippen MR) is 79.0 cm³/mol. The van der Waals surface area contributed by atoms with Crippen LogP contribution in [0.1, 0.15) is 59.8 Å². The van der Waals surface area contributed by atoms with E-state index in [1.54, 1.807) is 0 Å². The van der Waals surface area contributed by atoms with Crippen molar-refractivity contribution in [3.63, 3.8) is 0 Å². The van der Waals surface area contributed by atoms with Crippen LogP contribution in [0.2, 0.25) is 0 Å². The second-order valence-corrected chi connectivity index (χ2v) is 7.36. The number of nitrogens with zero attached hydrogens (tertiary/aromatic N) is 1. The minimum Gasteiger partial charge on any atom is -0.481 e. The van der Waals surface area contributed by atoms with Crippen molar-refractivity contribution in [3.8, 4) is 0 Å². The lowest BCUT2D eigenvalue weighted by atomic mass is 9.79. The molecule has 2 fully saturated rings. The summed E-state index contributed by atoms with van der Waals surface area (Å²) in [7, 11) is 0. The maximum Gasteiger partial charge on any atom is 0.410 e. The molecule has 1 unspecified atom stereocenters. The van der Waals surface area contributed by atoms with E-state index in [1.165, 1.54) is 0 Å². The predicted octanol–water partition coefficient (Wildman–Crippen LogP) is 3.28. The first-order chi connectivity index (χ1) is 9.73. The highest BCUT2D eigenvalue weighted by Gasteiger charge is 2.47. The Labute approximate surface area is 126 Å². The van der Waals surface area contributed by atoms with Gasteiger partial charge in [-0.3, -0.25) is 4.79 Å². The maximum absolute atomic E-state index is 12.3. The van der Waals surface area contributed by atoms with Gasteiger partial charge in [0.2, 0.25) is 0 Å². The number of amides is 1. The number of carbonyl (C=O) groups is 2. The number of fused-ring (bicyclic) bond motifs is 2. The molecule has 0 aromatic carbocycles. The van der Waals surface area contributed by atoms with Crippen LogP contribution in [-0.4, -0.2) is 39.8 Å². The summed E-state index contributed by atoms with van der Waals surface area (Å²) in [6, 6.07) is 0.300. The first-order valence-corrected chi connectivity index (χ1v) is 7.97. The Hall–Kier alpha value is -1.26. The van der Waals surface area contributed by atoms with Crippen LogP contribution in [-0.2, 0) is 9.53 Å². The number of aliphatic carboxylic acids is 1. The Morgan fingerprint density at radius 2 is 1.76 bits per heavy atom. The topological polar surface area (TPSA) is 66.8 Å². The fraction of sp³-hybridized carbons (Fsp3) is 0.875. The normalized spacial score (nSPS) is 30.1. The Bertz CT molecular complexity index is 401. The summed E-state index contributed by atoms with van der Waals surface area (Å²) in [4.78, 5) is 25.6. The van der Waals surface area contributed by atoms with Crippen molar-refractivity contribution < 1.29 is 19.4 Å². The molecule has 2 bridgehead atoms. The minimum absolute atomic E-state index is 0.150. The molecule has 0 radical (unpaired) electrons. The zero-order chi connectivity index (χ0) is 15.8. The van der Waals surface area contributed by atoms with Crippen LogP contribution >= 0.6 is 0 Å². The van der Waals surface area contributed by atoms with Crippen LogP contribution in [0.25, 0.3) is 0 Å². The molecule has 21 heavy (non-hydrogen) atoms. The first kappa shape index (κ1) is 16.1. The third kappa shape index (κ3) is 3.50. The molecule has 2 aliphatic rings. The van der Waals surface area contributed by atoms with Crippen molar-refractivity contribution >= 4 is 12.1 Å². The van der Waals surface area contributed by atoms with Crippen LogP contribution in [0.5, 0.6) is 0 Å². The third-order valence-electron chi connectivity index (χ3n) is 4.70. The minimum atomic E-state index is -0.701. The van der Waals surface area contributed by atoms with Gasteiger partial charge in [0, 0.05) is 12.1 Å². The summed E-state index contributed by atoms with van der Waals surface area (Å²) >= 11 is 0. The van der Waals surface area contributed by atoms with E-state index in [4.69, 9.17) is 4.74 Å². The standard InChI is InChI=1S/C16H27NO4/c1-5-13(14(18)19)10-8-11-6-7-12(9-10)17(11)15(20)21-16(2,3)4/h10-13H,5-9H2,1-4H3,(H,18,19)/t10-,11-,12+,13?. The molecule has 2 heterocycles. The van der Waals surface area contributed by atoms with Gasteiger partial charge in [-0.15, -0.1) is 0 Å². The van der Waals surface area contributed by atoms with Crippen molar-refractivity contribution in [2.45, 2.75) is 77.5 Å². The summed E-state index contributed by atoms with van der Waals surface area (Å²) in [5.41, 5.74) is -0.486. The fourth-order valence-electron chi connectivity index (χ4n) is 3.87. The molecule has 0 aromatic rings. The average molecular weight is 297 g/mol. The van der Waals surface area contributed by atoms with E-state index in [1.807, 2.05) is 32.6 Å². The molecular formula is C16H27NO4. The molecule has 0 aliphatic carbocycles. The van der Waals surface area contributed by atoms with Crippen LogP contribution in [0.15, 0.2) is 0 Å². The summed E-state index contributed by atoms with van der Waals surface area (Å²) in [6.45, 7) is 7.55. The number of carbonyl (C=O) groups excluding carboxylic acids is 1. The van der Waals surface area contributed by atoms with Crippen molar-refractivity contribution in [3.05, 3.63) is 0 Å². The van der Waals surface area contributed by atoms with Gasteiger partial charge in [-0.1, -0.05) is 6.92 Å². The summed E-state index contributed by atoms with van der Waals surface area (Å²) < 4.78 is 5.50. The third-order valence-corrected chi connectivity index (χ3v) is 4.70. The van der Waals surface area contributed by atoms with Crippen molar-refractivity contribution in [2.75, 3.05) is 0 Å². The van der Waals surface area contributed by atoms with Gasteiger partial charge in [0.1, 0.15) is 5.60 Å². The lowest BCUT2D eigenvalue weighted by molar-refractivity contribution is -0.144. The zero-order valence-electron chi connectivity index (χ0n) is 13.5. The van der Waals surface area contributed by atoms with E-state index in [-0.39, 0.29) is 30.0 Å². The molecule has 1 amide bonds. The number of hydrogen-bond donors (Lipinski definition) is 1. The van der Waals surface area contributed by atoms with E-state index in [2.05, 4.69) is 0 Å². The number of piperidine rings is 1. The molecular weight excluding hydrogens is 270 g/mol. The van der Waals surface area contributed by atoms with Crippen LogP contribution in [0.3, 0.4) is 0 Å². The summed E-state index contributed by atoms with van der Waals surface area (Å²) in [6.07, 6.45) is 3.94. The van der Waals surface area contributed by atoms with Crippen LogP contribution in [0.4, 0.5) is 4.79 Å². The molecule has 0 saturated carbocycles.